The van der Waals surface area contributed by atoms with E-state index in [9.17, 15) is 21.6 Å². The van der Waals surface area contributed by atoms with E-state index < -0.39 is 43.7 Å². The van der Waals surface area contributed by atoms with Gasteiger partial charge in [-0.05, 0) is 12.1 Å². The molecule has 2 N–H and O–H groups in total. The van der Waals surface area contributed by atoms with Gasteiger partial charge in [-0.15, -0.1) is 13.2 Å². The van der Waals surface area contributed by atoms with Gasteiger partial charge in [0, 0.05) is 22.8 Å². The highest BCUT2D eigenvalue weighted by Crippen LogP contribution is 2.34. The van der Waals surface area contributed by atoms with Crippen LogP contribution in [0.25, 0.3) is 0 Å². The van der Waals surface area contributed by atoms with Crippen molar-refractivity contribution in [2.45, 2.75) is 17.8 Å². The fourth-order valence-electron chi connectivity index (χ4n) is 1.39. The van der Waals surface area contributed by atoms with Gasteiger partial charge in [-0.3, -0.25) is 0 Å². The molecule has 1 rings (SSSR count). The number of alkyl halides is 3. The van der Waals surface area contributed by atoms with E-state index in [2.05, 4.69) is 4.74 Å². The zero-order valence-corrected chi connectivity index (χ0v) is 10.6. The van der Waals surface area contributed by atoms with Crippen molar-refractivity contribution in [3.63, 3.8) is 0 Å². The Morgan fingerprint density at radius 3 is 2.37 bits per heavy atom. The molecular weight excluding hydrogens is 309 g/mol. The van der Waals surface area contributed by atoms with Crippen LogP contribution in [0.4, 0.5) is 13.2 Å². The number of nitrogens with zero attached hydrogens (tertiary/aromatic N) is 1. The van der Waals surface area contributed by atoms with Gasteiger partial charge in [0.25, 0.3) is 9.05 Å². The summed E-state index contributed by atoms with van der Waals surface area (Å²) in [6, 6.07) is 3.17. The van der Waals surface area contributed by atoms with Crippen LogP contribution in [0.5, 0.6) is 5.75 Å². The maximum atomic E-state index is 12.2. The van der Waals surface area contributed by atoms with Crippen LogP contribution in [0.15, 0.2) is 17.0 Å². The molecule has 0 aliphatic rings. The summed E-state index contributed by atoms with van der Waals surface area (Å²) in [5, 5.41) is 8.75. The van der Waals surface area contributed by atoms with E-state index in [1.807, 2.05) is 0 Å². The fourth-order valence-corrected chi connectivity index (χ4v) is 2.77. The van der Waals surface area contributed by atoms with Crippen molar-refractivity contribution in [1.82, 2.24) is 0 Å². The molecule has 0 fully saturated rings. The zero-order chi connectivity index (χ0) is 14.8. The minimum atomic E-state index is -5.02. The van der Waals surface area contributed by atoms with Crippen molar-refractivity contribution < 1.29 is 26.3 Å². The second kappa shape index (κ2) is 5.24. The largest absolute Gasteiger partial charge is 0.573 e. The molecule has 0 heterocycles. The first kappa shape index (κ1) is 15.6. The number of hydrogen-bond acceptors (Lipinski definition) is 5. The first-order chi connectivity index (χ1) is 8.60. The van der Waals surface area contributed by atoms with Crippen LogP contribution >= 0.6 is 10.7 Å². The van der Waals surface area contributed by atoms with E-state index in [1.165, 1.54) is 6.07 Å². The molecule has 104 valence electrons. The number of nitrogens with two attached hydrogens (primary N) is 1. The van der Waals surface area contributed by atoms with Gasteiger partial charge in [0.2, 0.25) is 0 Å². The summed E-state index contributed by atoms with van der Waals surface area (Å²) < 4.78 is 62.8. The SMILES string of the molecule is N#Cc1ccc(OC(F)(F)F)c(CN)c1S(=O)(=O)Cl. The number of rotatable bonds is 3. The monoisotopic (exact) mass is 314 g/mol. The van der Waals surface area contributed by atoms with Crippen LogP contribution in [0.1, 0.15) is 11.1 Å². The van der Waals surface area contributed by atoms with Gasteiger partial charge in [-0.25, -0.2) is 8.42 Å². The molecule has 19 heavy (non-hydrogen) atoms. The van der Waals surface area contributed by atoms with Crippen molar-refractivity contribution in [3.8, 4) is 11.8 Å². The van der Waals surface area contributed by atoms with Crippen LogP contribution in [0, 0.1) is 11.3 Å². The van der Waals surface area contributed by atoms with E-state index in [0.29, 0.717) is 0 Å². The van der Waals surface area contributed by atoms with Crippen LogP contribution in [0.3, 0.4) is 0 Å². The molecule has 0 unspecified atom stereocenters. The predicted molar refractivity (Wildman–Crippen MR) is 58.8 cm³/mol. The Kier molecular flexibility index (Phi) is 4.29. The van der Waals surface area contributed by atoms with Gasteiger partial charge < -0.3 is 10.5 Å². The summed E-state index contributed by atoms with van der Waals surface area (Å²) in [5.74, 6) is -0.812. The van der Waals surface area contributed by atoms with E-state index in [4.69, 9.17) is 21.7 Å². The molecule has 0 bridgehead atoms. The average molecular weight is 315 g/mol. The lowest BCUT2D eigenvalue weighted by atomic mass is 10.1. The highest BCUT2D eigenvalue weighted by molar-refractivity contribution is 8.13. The zero-order valence-electron chi connectivity index (χ0n) is 9.03. The number of benzene rings is 1. The quantitative estimate of drug-likeness (QED) is 0.859. The smallest absolute Gasteiger partial charge is 0.405 e. The second-order valence-corrected chi connectivity index (χ2v) is 5.72. The van der Waals surface area contributed by atoms with Gasteiger partial charge in [-0.1, -0.05) is 0 Å². The Hall–Kier alpha value is -1.50. The third kappa shape index (κ3) is 3.73. The lowest BCUT2D eigenvalue weighted by molar-refractivity contribution is -0.275. The van der Waals surface area contributed by atoms with Gasteiger partial charge in [0.15, 0.2) is 0 Å². The molecule has 0 radical (unpaired) electrons. The number of nitriles is 1. The summed E-state index contributed by atoms with van der Waals surface area (Å²) >= 11 is 0. The minimum Gasteiger partial charge on any atom is -0.405 e. The van der Waals surface area contributed by atoms with Crippen LogP contribution in [-0.4, -0.2) is 14.8 Å². The first-order valence-electron chi connectivity index (χ1n) is 4.56. The Morgan fingerprint density at radius 1 is 1.42 bits per heavy atom. The number of halogens is 4. The topological polar surface area (TPSA) is 93.2 Å². The molecule has 0 saturated carbocycles. The van der Waals surface area contributed by atoms with Crippen LogP contribution in [0.2, 0.25) is 0 Å². The van der Waals surface area contributed by atoms with Crippen molar-refractivity contribution in [1.29, 1.82) is 5.26 Å². The Balaban J connectivity index is 3.60. The molecule has 0 atom stereocenters. The second-order valence-electron chi connectivity index (χ2n) is 3.22. The average Bonchev–Trinajstić information content (AvgIpc) is 2.25. The molecule has 1 aromatic carbocycles. The van der Waals surface area contributed by atoms with Crippen molar-refractivity contribution in [2.24, 2.45) is 5.73 Å². The van der Waals surface area contributed by atoms with E-state index >= 15 is 0 Å². The highest BCUT2D eigenvalue weighted by atomic mass is 35.7. The fraction of sp³-hybridized carbons (Fsp3) is 0.222. The lowest BCUT2D eigenvalue weighted by Gasteiger charge is -2.15. The predicted octanol–water partition coefficient (Wildman–Crippen LogP) is 1.84. The molecular formula is C9H6ClF3N2O3S. The third-order valence-corrected chi connectivity index (χ3v) is 3.43. The molecule has 0 saturated heterocycles. The number of hydrogen-bond donors (Lipinski definition) is 1. The first-order valence-corrected chi connectivity index (χ1v) is 6.87. The molecule has 0 aromatic heterocycles. The minimum absolute atomic E-state index is 0.412. The molecule has 1 aromatic rings. The Morgan fingerprint density at radius 2 is 2.00 bits per heavy atom. The molecule has 0 aliphatic heterocycles. The normalized spacial score (nSPS) is 12.0. The molecule has 10 heteroatoms. The molecule has 0 aliphatic carbocycles. The van der Waals surface area contributed by atoms with Crippen molar-refractivity contribution in [3.05, 3.63) is 23.3 Å². The van der Waals surface area contributed by atoms with Gasteiger partial charge >= 0.3 is 6.36 Å². The summed E-state index contributed by atoms with van der Waals surface area (Å²) in [6.07, 6.45) is -5.02. The molecule has 0 amide bonds. The van der Waals surface area contributed by atoms with Crippen LogP contribution in [-0.2, 0) is 15.6 Å². The van der Waals surface area contributed by atoms with Crippen molar-refractivity contribution in [2.75, 3.05) is 0 Å². The van der Waals surface area contributed by atoms with E-state index in [-0.39, 0.29) is 0 Å². The van der Waals surface area contributed by atoms with Gasteiger partial charge in [0.05, 0.1) is 5.56 Å². The number of ether oxygens (including phenoxy) is 1. The van der Waals surface area contributed by atoms with Gasteiger partial charge in [0.1, 0.15) is 16.7 Å². The highest BCUT2D eigenvalue weighted by Gasteiger charge is 2.34. The Labute approximate surface area is 110 Å². The van der Waals surface area contributed by atoms with Crippen LogP contribution < -0.4 is 10.5 Å². The summed E-state index contributed by atoms with van der Waals surface area (Å²) in [7, 11) is 0.654. The lowest BCUT2D eigenvalue weighted by Crippen LogP contribution is -2.20. The Bertz CT molecular complexity index is 637. The third-order valence-electron chi connectivity index (χ3n) is 2.01. The summed E-state index contributed by atoms with van der Waals surface area (Å²) in [4.78, 5) is -0.777. The van der Waals surface area contributed by atoms with E-state index in [1.54, 1.807) is 0 Å². The molecule has 0 spiro atoms. The maximum absolute atomic E-state index is 12.2. The maximum Gasteiger partial charge on any atom is 0.573 e. The summed E-state index contributed by atoms with van der Waals surface area (Å²) in [6.45, 7) is -0.595. The summed E-state index contributed by atoms with van der Waals surface area (Å²) in [5.41, 5.74) is 4.29. The standard InChI is InChI=1S/C9H6ClF3N2O3S/c10-19(16,17)8-5(3-14)1-2-7(6(8)4-15)18-9(11,12)13/h1-2H,4,15H2. The van der Waals surface area contributed by atoms with Crippen molar-refractivity contribution >= 4 is 19.7 Å². The molecule has 5 nitrogen and oxygen atoms in total. The van der Waals surface area contributed by atoms with E-state index in [0.717, 1.165) is 12.1 Å². The van der Waals surface area contributed by atoms with Gasteiger partial charge in [-0.2, -0.15) is 5.26 Å².